The first-order chi connectivity index (χ1) is 12.5. The second kappa shape index (κ2) is 8.82. The Morgan fingerprint density at radius 3 is 2.77 bits per heavy atom. The van der Waals surface area contributed by atoms with Crippen molar-refractivity contribution in [3.05, 3.63) is 46.1 Å². The van der Waals surface area contributed by atoms with Crippen molar-refractivity contribution >= 4 is 28.3 Å². The van der Waals surface area contributed by atoms with Crippen molar-refractivity contribution in [3.63, 3.8) is 0 Å². The minimum atomic E-state index is -0.752. The molecule has 2 rings (SSSR count). The van der Waals surface area contributed by atoms with E-state index in [1.165, 1.54) is 18.2 Å². The molecule has 0 radical (unpaired) electrons. The molecule has 136 valence electrons. The Kier molecular flexibility index (Phi) is 6.52. The van der Waals surface area contributed by atoms with E-state index in [1.807, 2.05) is 6.07 Å². The van der Waals surface area contributed by atoms with Gasteiger partial charge in [-0.25, -0.2) is 14.0 Å². The van der Waals surface area contributed by atoms with E-state index in [1.54, 1.807) is 6.92 Å². The number of rotatable bonds is 7. The number of carbonyl (C=O) groups is 2. The van der Waals surface area contributed by atoms with E-state index in [4.69, 9.17) is 19.9 Å². The zero-order valence-corrected chi connectivity index (χ0v) is 14.6. The van der Waals surface area contributed by atoms with Gasteiger partial charge in [0, 0.05) is 11.6 Å². The lowest BCUT2D eigenvalue weighted by Crippen LogP contribution is -2.16. The van der Waals surface area contributed by atoms with Crippen LogP contribution in [0.2, 0.25) is 0 Å². The third kappa shape index (κ3) is 4.70. The van der Waals surface area contributed by atoms with Gasteiger partial charge in [0.05, 0.1) is 12.2 Å². The predicted molar refractivity (Wildman–Crippen MR) is 91.1 cm³/mol. The van der Waals surface area contributed by atoms with Gasteiger partial charge >= 0.3 is 11.9 Å². The molecule has 0 fully saturated rings. The normalized spacial score (nSPS) is 10.0. The third-order valence-electron chi connectivity index (χ3n) is 3.14. The number of anilines is 1. The van der Waals surface area contributed by atoms with Crippen LogP contribution in [0, 0.1) is 17.1 Å². The maximum absolute atomic E-state index is 13.0. The van der Waals surface area contributed by atoms with Gasteiger partial charge in [-0.3, -0.25) is 0 Å². The van der Waals surface area contributed by atoms with Gasteiger partial charge in [-0.2, -0.15) is 5.26 Å². The maximum atomic E-state index is 13.0. The number of nitriles is 1. The van der Waals surface area contributed by atoms with E-state index in [9.17, 15) is 19.2 Å². The summed E-state index contributed by atoms with van der Waals surface area (Å²) >= 11 is 0.894. The standard InChI is InChI=1S/C17H15FN2O5S/c1-2-23-17(22)15-13(12(7-19)16(20)26-15)8-25-14(21)9-24-11-5-3-4-10(18)6-11/h3-6H,2,8-9,20H2,1H3. The molecule has 1 heterocycles. The fourth-order valence-corrected chi connectivity index (χ4v) is 2.92. The summed E-state index contributed by atoms with van der Waals surface area (Å²) in [7, 11) is 0. The van der Waals surface area contributed by atoms with E-state index < -0.39 is 24.4 Å². The molecule has 2 aromatic rings. The highest BCUT2D eigenvalue weighted by Crippen LogP contribution is 2.31. The van der Waals surface area contributed by atoms with Crippen LogP contribution in [-0.4, -0.2) is 25.2 Å². The number of hydrogen-bond acceptors (Lipinski definition) is 8. The number of benzene rings is 1. The van der Waals surface area contributed by atoms with Gasteiger partial charge in [-0.15, -0.1) is 11.3 Å². The molecule has 26 heavy (non-hydrogen) atoms. The molecular formula is C17H15FN2O5S. The molecule has 0 atom stereocenters. The smallest absolute Gasteiger partial charge is 0.348 e. The van der Waals surface area contributed by atoms with Crippen LogP contribution in [-0.2, 0) is 20.9 Å². The molecule has 0 unspecified atom stereocenters. The second-order valence-corrected chi connectivity index (χ2v) is 5.94. The second-order valence-electron chi connectivity index (χ2n) is 4.89. The number of esters is 2. The number of nitrogens with two attached hydrogens (primary N) is 1. The van der Waals surface area contributed by atoms with Gasteiger partial charge in [0.2, 0.25) is 0 Å². The van der Waals surface area contributed by atoms with E-state index in [-0.39, 0.29) is 40.0 Å². The Bertz CT molecular complexity index is 859. The van der Waals surface area contributed by atoms with Crippen molar-refractivity contribution < 1.29 is 28.2 Å². The van der Waals surface area contributed by atoms with Gasteiger partial charge in [0.25, 0.3) is 0 Å². The van der Waals surface area contributed by atoms with E-state index in [0.29, 0.717) is 0 Å². The van der Waals surface area contributed by atoms with Crippen LogP contribution in [0.25, 0.3) is 0 Å². The van der Waals surface area contributed by atoms with Gasteiger partial charge in [0.1, 0.15) is 34.1 Å². The summed E-state index contributed by atoms with van der Waals surface area (Å²) in [4.78, 5) is 23.9. The third-order valence-corrected chi connectivity index (χ3v) is 4.18. The van der Waals surface area contributed by atoms with Crippen LogP contribution >= 0.6 is 11.3 Å². The average molecular weight is 378 g/mol. The molecule has 0 spiro atoms. The number of hydrogen-bond donors (Lipinski definition) is 1. The first kappa shape index (κ1) is 19.2. The minimum absolute atomic E-state index is 0.0666. The highest BCUT2D eigenvalue weighted by atomic mass is 32.1. The number of thiophene rings is 1. The molecule has 0 aliphatic heterocycles. The van der Waals surface area contributed by atoms with E-state index in [0.717, 1.165) is 17.4 Å². The van der Waals surface area contributed by atoms with Crippen molar-refractivity contribution in [1.29, 1.82) is 5.26 Å². The molecule has 0 saturated heterocycles. The fraction of sp³-hybridized carbons (Fsp3) is 0.235. The Hall–Kier alpha value is -3.12. The molecule has 1 aromatic carbocycles. The first-order valence-corrected chi connectivity index (χ1v) is 8.30. The lowest BCUT2D eigenvalue weighted by Gasteiger charge is -2.08. The van der Waals surface area contributed by atoms with Crippen LogP contribution in [0.15, 0.2) is 24.3 Å². The van der Waals surface area contributed by atoms with Crippen LogP contribution in [0.5, 0.6) is 5.75 Å². The fourth-order valence-electron chi connectivity index (χ4n) is 2.00. The summed E-state index contributed by atoms with van der Waals surface area (Å²) in [6, 6.07) is 7.18. The highest BCUT2D eigenvalue weighted by molar-refractivity contribution is 7.18. The predicted octanol–water partition coefficient (Wildman–Crippen LogP) is 2.64. The molecule has 0 aliphatic rings. The summed E-state index contributed by atoms with van der Waals surface area (Å²) in [6.07, 6.45) is 0. The SMILES string of the molecule is CCOC(=O)c1sc(N)c(C#N)c1COC(=O)COc1cccc(F)c1. The molecule has 0 amide bonds. The van der Waals surface area contributed by atoms with Crippen molar-refractivity contribution in [2.24, 2.45) is 0 Å². The zero-order valence-electron chi connectivity index (χ0n) is 13.8. The lowest BCUT2D eigenvalue weighted by atomic mass is 10.1. The number of carbonyl (C=O) groups excluding carboxylic acids is 2. The van der Waals surface area contributed by atoms with Crippen molar-refractivity contribution in [2.45, 2.75) is 13.5 Å². The zero-order chi connectivity index (χ0) is 19.1. The summed E-state index contributed by atoms with van der Waals surface area (Å²) < 4.78 is 28.1. The van der Waals surface area contributed by atoms with Crippen molar-refractivity contribution in [3.8, 4) is 11.8 Å². The minimum Gasteiger partial charge on any atom is -0.482 e. The molecule has 2 N–H and O–H groups in total. The number of halogens is 1. The van der Waals surface area contributed by atoms with Crippen LogP contribution < -0.4 is 10.5 Å². The summed E-state index contributed by atoms with van der Waals surface area (Å²) in [5.41, 5.74) is 5.98. The Morgan fingerprint density at radius 1 is 1.35 bits per heavy atom. The number of nitrogen functional groups attached to an aromatic ring is 1. The number of ether oxygens (including phenoxy) is 3. The molecule has 0 aliphatic carbocycles. The largest absolute Gasteiger partial charge is 0.482 e. The van der Waals surface area contributed by atoms with Crippen molar-refractivity contribution in [2.75, 3.05) is 18.9 Å². The van der Waals surface area contributed by atoms with Crippen LogP contribution in [0.4, 0.5) is 9.39 Å². The highest BCUT2D eigenvalue weighted by Gasteiger charge is 2.23. The van der Waals surface area contributed by atoms with Crippen LogP contribution in [0.1, 0.15) is 27.7 Å². The van der Waals surface area contributed by atoms with Gasteiger partial charge in [-0.05, 0) is 19.1 Å². The number of nitrogens with zero attached hydrogens (tertiary/aromatic N) is 1. The van der Waals surface area contributed by atoms with Crippen LogP contribution in [0.3, 0.4) is 0 Å². The van der Waals surface area contributed by atoms with Gasteiger partial charge in [0.15, 0.2) is 6.61 Å². The summed E-state index contributed by atoms with van der Waals surface area (Å²) in [6.45, 7) is 0.999. The van der Waals surface area contributed by atoms with Crippen molar-refractivity contribution in [1.82, 2.24) is 0 Å². The summed E-state index contributed by atoms with van der Waals surface area (Å²) in [5.74, 6) is -1.72. The Labute approximate surface area is 152 Å². The first-order valence-electron chi connectivity index (χ1n) is 7.48. The van der Waals surface area contributed by atoms with Gasteiger partial charge < -0.3 is 19.9 Å². The average Bonchev–Trinajstić information content (AvgIpc) is 2.94. The summed E-state index contributed by atoms with van der Waals surface area (Å²) in [5, 5.41) is 9.33. The Balaban J connectivity index is 2.02. The molecular weight excluding hydrogens is 363 g/mol. The van der Waals surface area contributed by atoms with Gasteiger partial charge in [-0.1, -0.05) is 6.07 Å². The van der Waals surface area contributed by atoms with E-state index in [2.05, 4.69) is 0 Å². The molecule has 9 heteroatoms. The molecule has 1 aromatic heterocycles. The molecule has 7 nitrogen and oxygen atoms in total. The monoisotopic (exact) mass is 378 g/mol. The topological polar surface area (TPSA) is 112 Å². The Morgan fingerprint density at radius 2 is 2.12 bits per heavy atom. The quantitative estimate of drug-likeness (QED) is 0.737. The lowest BCUT2D eigenvalue weighted by molar-refractivity contribution is -0.147. The molecule has 0 bridgehead atoms. The molecule has 0 saturated carbocycles. The van der Waals surface area contributed by atoms with E-state index >= 15 is 0 Å². The maximum Gasteiger partial charge on any atom is 0.348 e.